The largest absolute Gasteiger partial charge is 0.490 e. The van der Waals surface area contributed by atoms with E-state index >= 15 is 0 Å². The van der Waals surface area contributed by atoms with Crippen LogP contribution in [-0.4, -0.2) is 40.9 Å². The summed E-state index contributed by atoms with van der Waals surface area (Å²) in [6.45, 7) is 2.53. The highest BCUT2D eigenvalue weighted by Gasteiger charge is 2.18. The van der Waals surface area contributed by atoms with Crippen LogP contribution in [0.2, 0.25) is 5.02 Å². The molecule has 3 heterocycles. The van der Waals surface area contributed by atoms with Crippen molar-refractivity contribution in [2.45, 2.75) is 25.5 Å². The second kappa shape index (κ2) is 9.06. The van der Waals surface area contributed by atoms with Crippen LogP contribution in [0.4, 0.5) is 0 Å². The van der Waals surface area contributed by atoms with Crippen LogP contribution in [0.15, 0.2) is 65.6 Å². The number of piperidine rings is 1. The smallest absolute Gasteiger partial charge is 0.285 e. The van der Waals surface area contributed by atoms with E-state index in [9.17, 15) is 4.79 Å². The van der Waals surface area contributed by atoms with E-state index in [1.165, 1.54) is 16.0 Å². The van der Waals surface area contributed by atoms with Crippen LogP contribution in [0.5, 0.6) is 5.75 Å². The molecule has 0 spiro atoms. The first-order chi connectivity index (χ1) is 15.5. The van der Waals surface area contributed by atoms with E-state index < -0.39 is 0 Å². The fraction of sp³-hybridized carbons (Fsp3) is 0.280. The third kappa shape index (κ3) is 4.58. The van der Waals surface area contributed by atoms with Gasteiger partial charge in [-0.25, -0.2) is 4.68 Å². The average Bonchev–Trinajstić information content (AvgIpc) is 3.23. The topological polar surface area (TPSA) is 47.4 Å². The third-order valence-electron chi connectivity index (χ3n) is 5.85. The molecule has 2 aromatic heterocycles. The molecule has 0 unspecified atom stereocenters. The second-order valence-corrected chi connectivity index (χ2v) is 9.77. The lowest BCUT2D eigenvalue weighted by Gasteiger charge is -2.29. The third-order valence-corrected chi connectivity index (χ3v) is 7.29. The number of hydrogen-bond donors (Lipinski definition) is 0. The maximum Gasteiger partial charge on any atom is 0.285 e. The van der Waals surface area contributed by atoms with Crippen LogP contribution in [0, 0.1) is 0 Å². The molecule has 0 bridgehead atoms. The van der Waals surface area contributed by atoms with E-state index in [1.54, 1.807) is 6.20 Å². The van der Waals surface area contributed by atoms with Crippen molar-refractivity contribution in [3.63, 3.8) is 0 Å². The Hall–Kier alpha value is -2.67. The number of ether oxygens (including phenoxy) is 1. The number of hydrogen-bond acceptors (Lipinski definition) is 5. The first kappa shape index (κ1) is 21.2. The summed E-state index contributed by atoms with van der Waals surface area (Å²) in [5.41, 5.74) is 1.97. The zero-order chi connectivity index (χ0) is 22.1. The van der Waals surface area contributed by atoms with Gasteiger partial charge in [0.1, 0.15) is 16.6 Å². The van der Waals surface area contributed by atoms with Crippen LogP contribution < -0.4 is 10.3 Å². The van der Waals surface area contributed by atoms with E-state index in [0.717, 1.165) is 53.1 Å². The maximum absolute atomic E-state index is 13.1. The molecule has 4 aromatic rings. The lowest BCUT2D eigenvalue weighted by molar-refractivity contribution is 0.114. The minimum atomic E-state index is -0.0747. The van der Waals surface area contributed by atoms with Crippen molar-refractivity contribution in [2.24, 2.45) is 0 Å². The molecular weight excluding hydrogens is 442 g/mol. The summed E-state index contributed by atoms with van der Waals surface area (Å²) >= 11 is 7.49. The maximum atomic E-state index is 13.1. The number of likely N-dealkylation sites (tertiary alicyclic amines) is 1. The molecule has 32 heavy (non-hydrogen) atoms. The quantitative estimate of drug-likeness (QED) is 0.401. The lowest BCUT2D eigenvalue weighted by Crippen LogP contribution is -2.35. The predicted octanol–water partition coefficient (Wildman–Crippen LogP) is 5.30. The van der Waals surface area contributed by atoms with Gasteiger partial charge in [0.25, 0.3) is 5.56 Å². The molecule has 0 amide bonds. The predicted molar refractivity (Wildman–Crippen MR) is 131 cm³/mol. The SMILES string of the molecule is CN1CCC(Oc2cccc(Cn3ncc4cc(-c5ccc(Cl)cc5)sc4c3=O)c2)CC1. The molecule has 1 fully saturated rings. The molecule has 0 aliphatic carbocycles. The standard InChI is InChI=1S/C25H24ClN3O2S/c1-28-11-9-21(10-12-28)31-22-4-2-3-17(13-22)16-29-25(30)24-19(15-27-29)14-23(32-24)18-5-7-20(26)8-6-18/h2-8,13-15,21H,9-12,16H2,1H3. The van der Waals surface area contributed by atoms with Gasteiger partial charge in [-0.3, -0.25) is 4.79 Å². The number of benzene rings is 2. The Morgan fingerprint density at radius 1 is 1.12 bits per heavy atom. The summed E-state index contributed by atoms with van der Waals surface area (Å²) in [5, 5.41) is 5.98. The monoisotopic (exact) mass is 465 g/mol. The lowest BCUT2D eigenvalue weighted by atomic mass is 10.1. The van der Waals surface area contributed by atoms with Crippen molar-refractivity contribution >= 4 is 33.0 Å². The molecule has 0 atom stereocenters. The molecule has 2 aromatic carbocycles. The van der Waals surface area contributed by atoms with Crippen LogP contribution >= 0.6 is 22.9 Å². The number of fused-ring (bicyclic) bond motifs is 1. The molecule has 7 heteroatoms. The number of aromatic nitrogens is 2. The molecule has 1 aliphatic rings. The molecular formula is C25H24ClN3O2S. The molecule has 164 valence electrons. The number of rotatable bonds is 5. The second-order valence-electron chi connectivity index (χ2n) is 8.28. The van der Waals surface area contributed by atoms with Gasteiger partial charge in [0.2, 0.25) is 0 Å². The Morgan fingerprint density at radius 2 is 1.91 bits per heavy atom. The first-order valence-corrected chi connectivity index (χ1v) is 11.9. The molecule has 5 rings (SSSR count). The van der Waals surface area contributed by atoms with Gasteiger partial charge in [0, 0.05) is 28.4 Å². The van der Waals surface area contributed by atoms with Crippen LogP contribution in [0.1, 0.15) is 18.4 Å². The van der Waals surface area contributed by atoms with E-state index in [4.69, 9.17) is 16.3 Å². The average molecular weight is 466 g/mol. The van der Waals surface area contributed by atoms with Crippen LogP contribution in [-0.2, 0) is 6.54 Å². The van der Waals surface area contributed by atoms with Crippen molar-refractivity contribution < 1.29 is 4.74 Å². The molecule has 1 aliphatic heterocycles. The fourth-order valence-electron chi connectivity index (χ4n) is 4.02. The van der Waals surface area contributed by atoms with Gasteiger partial charge in [-0.2, -0.15) is 5.10 Å². The minimum Gasteiger partial charge on any atom is -0.490 e. The summed E-state index contributed by atoms with van der Waals surface area (Å²) in [6.07, 6.45) is 4.08. The van der Waals surface area contributed by atoms with Crippen molar-refractivity contribution in [3.8, 4) is 16.2 Å². The molecule has 0 N–H and O–H groups in total. The Kier molecular flexibility index (Phi) is 6.00. The van der Waals surface area contributed by atoms with Gasteiger partial charge in [0.15, 0.2) is 0 Å². The summed E-state index contributed by atoms with van der Waals surface area (Å²) in [7, 11) is 2.14. The Labute approximate surface area is 195 Å². The van der Waals surface area contributed by atoms with Crippen LogP contribution in [0.25, 0.3) is 20.5 Å². The van der Waals surface area contributed by atoms with E-state index in [-0.39, 0.29) is 11.7 Å². The Bertz CT molecular complexity index is 1290. The number of nitrogens with zero attached hydrogens (tertiary/aromatic N) is 3. The van der Waals surface area contributed by atoms with E-state index in [1.807, 2.05) is 54.6 Å². The van der Waals surface area contributed by atoms with Crippen molar-refractivity contribution in [3.05, 3.63) is 81.7 Å². The summed E-state index contributed by atoms with van der Waals surface area (Å²) in [5.74, 6) is 0.854. The van der Waals surface area contributed by atoms with Crippen molar-refractivity contribution in [1.82, 2.24) is 14.7 Å². The van der Waals surface area contributed by atoms with Crippen molar-refractivity contribution in [1.29, 1.82) is 0 Å². The van der Waals surface area contributed by atoms with Gasteiger partial charge in [-0.15, -0.1) is 11.3 Å². The highest BCUT2D eigenvalue weighted by molar-refractivity contribution is 7.22. The van der Waals surface area contributed by atoms with Crippen molar-refractivity contribution in [2.75, 3.05) is 20.1 Å². The summed E-state index contributed by atoms with van der Waals surface area (Å²) in [6, 6.07) is 17.7. The van der Waals surface area contributed by atoms with Gasteiger partial charge in [0.05, 0.1) is 12.7 Å². The molecule has 0 saturated carbocycles. The molecule has 5 nitrogen and oxygen atoms in total. The fourth-order valence-corrected chi connectivity index (χ4v) is 5.23. The zero-order valence-electron chi connectivity index (χ0n) is 17.8. The molecule has 0 radical (unpaired) electrons. The van der Waals surface area contributed by atoms with Gasteiger partial charge in [-0.1, -0.05) is 35.9 Å². The summed E-state index contributed by atoms with van der Waals surface area (Å²) < 4.78 is 8.44. The van der Waals surface area contributed by atoms with Crippen LogP contribution in [0.3, 0.4) is 0 Å². The van der Waals surface area contributed by atoms with E-state index in [2.05, 4.69) is 17.0 Å². The van der Waals surface area contributed by atoms with E-state index in [0.29, 0.717) is 16.3 Å². The Morgan fingerprint density at radius 3 is 2.69 bits per heavy atom. The van der Waals surface area contributed by atoms with Gasteiger partial charge in [-0.05, 0) is 61.3 Å². The zero-order valence-corrected chi connectivity index (χ0v) is 19.4. The minimum absolute atomic E-state index is 0.0747. The molecule has 1 saturated heterocycles. The number of thiophene rings is 1. The first-order valence-electron chi connectivity index (χ1n) is 10.7. The highest BCUT2D eigenvalue weighted by Crippen LogP contribution is 2.32. The normalized spacial score (nSPS) is 15.3. The number of halogens is 1. The Balaban J connectivity index is 1.36. The van der Waals surface area contributed by atoms with Gasteiger partial charge >= 0.3 is 0 Å². The van der Waals surface area contributed by atoms with Gasteiger partial charge < -0.3 is 9.64 Å². The highest BCUT2D eigenvalue weighted by atomic mass is 35.5. The summed E-state index contributed by atoms with van der Waals surface area (Å²) in [4.78, 5) is 16.5.